The summed E-state index contributed by atoms with van der Waals surface area (Å²) in [5.74, 6) is 0. The van der Waals surface area contributed by atoms with Crippen LogP contribution in [0.15, 0.2) is 33.4 Å². The predicted molar refractivity (Wildman–Crippen MR) is 126 cm³/mol. The molecule has 3 rings (SSSR count). The van der Waals surface area contributed by atoms with Gasteiger partial charge in [0.05, 0.1) is 0 Å². The van der Waals surface area contributed by atoms with Crippen molar-refractivity contribution < 1.29 is 0 Å². The molecule has 0 aromatic carbocycles. The standard InChI is InChI=1S/C28H48/c1-17-20(4)27(15)21(5)18(2)24(9,10)28(16,26(13,14)23(17,7)8)25(11,12)19(3)22(27)6/h1-16H3/b20-17?,21-18+,22-19?. The van der Waals surface area contributed by atoms with Gasteiger partial charge in [-0.05, 0) is 75.5 Å². The van der Waals surface area contributed by atoms with Gasteiger partial charge in [0.25, 0.3) is 0 Å². The van der Waals surface area contributed by atoms with Crippen molar-refractivity contribution in [1.82, 2.24) is 0 Å². The van der Waals surface area contributed by atoms with Gasteiger partial charge in [-0.3, -0.25) is 0 Å². The summed E-state index contributed by atoms with van der Waals surface area (Å²) in [5.41, 5.74) is 9.72. The lowest BCUT2D eigenvalue weighted by Gasteiger charge is -2.68. The van der Waals surface area contributed by atoms with Crippen LogP contribution in [0.1, 0.15) is 111 Å². The molecule has 0 N–H and O–H groups in total. The number of fused-ring (bicyclic) bond motifs is 4. The van der Waals surface area contributed by atoms with Crippen molar-refractivity contribution in [2.24, 2.45) is 32.5 Å². The number of hydrogen-bond acceptors (Lipinski definition) is 0. The summed E-state index contributed by atoms with van der Waals surface area (Å²) < 4.78 is 0. The van der Waals surface area contributed by atoms with Crippen molar-refractivity contribution in [1.29, 1.82) is 0 Å². The van der Waals surface area contributed by atoms with Crippen LogP contribution in [0.2, 0.25) is 0 Å². The van der Waals surface area contributed by atoms with Crippen LogP contribution in [0.3, 0.4) is 0 Å². The molecule has 0 spiro atoms. The SMILES string of the molecule is CC1=C(C)C(C)(C)C(C)(C)C2(C)C(C)(C)C(C)=C(C)C1(C)/C(C)=C(\C)C2(C)C. The normalized spacial score (nSPS) is 39.4. The van der Waals surface area contributed by atoms with E-state index in [1.54, 1.807) is 33.4 Å². The molecule has 0 heterocycles. The summed E-state index contributed by atoms with van der Waals surface area (Å²) in [6.07, 6.45) is 0. The van der Waals surface area contributed by atoms with Crippen LogP contribution >= 0.6 is 0 Å². The third kappa shape index (κ3) is 2.14. The number of rotatable bonds is 0. The molecule has 0 radical (unpaired) electrons. The molecule has 28 heavy (non-hydrogen) atoms. The Labute approximate surface area is 177 Å². The molecule has 2 unspecified atom stereocenters. The van der Waals surface area contributed by atoms with E-state index in [-0.39, 0.29) is 32.5 Å². The highest BCUT2D eigenvalue weighted by atomic mass is 14.7. The van der Waals surface area contributed by atoms with Crippen LogP contribution in [-0.4, -0.2) is 0 Å². The molecule has 160 valence electrons. The largest absolute Gasteiger partial charge is 0.0670 e. The Balaban J connectivity index is 3.39. The first-order valence-corrected chi connectivity index (χ1v) is 11.2. The van der Waals surface area contributed by atoms with Crippen molar-refractivity contribution in [3.05, 3.63) is 33.4 Å². The van der Waals surface area contributed by atoms with E-state index in [0.29, 0.717) is 0 Å². The van der Waals surface area contributed by atoms with Crippen LogP contribution < -0.4 is 0 Å². The molecule has 0 aromatic rings. The van der Waals surface area contributed by atoms with Gasteiger partial charge >= 0.3 is 0 Å². The van der Waals surface area contributed by atoms with Gasteiger partial charge in [0.15, 0.2) is 0 Å². The van der Waals surface area contributed by atoms with Crippen LogP contribution in [0, 0.1) is 32.5 Å². The Morgan fingerprint density at radius 1 is 0.357 bits per heavy atom. The van der Waals surface area contributed by atoms with Crippen LogP contribution in [0.5, 0.6) is 0 Å². The van der Waals surface area contributed by atoms with E-state index in [2.05, 4.69) is 111 Å². The molecule has 0 amide bonds. The Morgan fingerprint density at radius 3 is 0.893 bits per heavy atom. The molecule has 0 nitrogen and oxygen atoms in total. The third-order valence-electron chi connectivity index (χ3n) is 12.1. The molecule has 0 saturated carbocycles. The second-order valence-corrected chi connectivity index (χ2v) is 12.5. The Hall–Kier alpha value is -0.780. The van der Waals surface area contributed by atoms with Crippen LogP contribution in [-0.2, 0) is 0 Å². The number of hydrogen-bond donors (Lipinski definition) is 0. The zero-order chi connectivity index (χ0) is 22.5. The van der Waals surface area contributed by atoms with Crippen LogP contribution in [0.25, 0.3) is 0 Å². The third-order valence-corrected chi connectivity index (χ3v) is 12.1. The maximum Gasteiger partial charge on any atom is 0.0301 e. The van der Waals surface area contributed by atoms with E-state index in [1.807, 2.05) is 0 Å². The lowest BCUT2D eigenvalue weighted by atomic mass is 9.36. The van der Waals surface area contributed by atoms with Crippen molar-refractivity contribution in [3.63, 3.8) is 0 Å². The highest BCUT2D eigenvalue weighted by molar-refractivity contribution is 5.51. The average Bonchev–Trinajstić information content (AvgIpc) is 2.60. The number of allylic oxidation sites excluding steroid dienone is 6. The van der Waals surface area contributed by atoms with E-state index in [0.717, 1.165) is 0 Å². The van der Waals surface area contributed by atoms with Gasteiger partial charge in [-0.1, -0.05) is 95.8 Å². The summed E-state index contributed by atoms with van der Waals surface area (Å²) >= 11 is 0. The lowest BCUT2D eigenvalue weighted by molar-refractivity contribution is -0.142. The van der Waals surface area contributed by atoms with E-state index in [4.69, 9.17) is 0 Å². The smallest absolute Gasteiger partial charge is 0.0301 e. The Kier molecular flexibility index (Phi) is 4.94. The first kappa shape index (κ1) is 23.5. The van der Waals surface area contributed by atoms with Crippen molar-refractivity contribution in [2.45, 2.75) is 111 Å². The Bertz CT molecular complexity index is 761. The van der Waals surface area contributed by atoms with Crippen molar-refractivity contribution in [2.75, 3.05) is 0 Å². The highest BCUT2D eigenvalue weighted by Gasteiger charge is 2.66. The van der Waals surface area contributed by atoms with Gasteiger partial charge in [-0.25, -0.2) is 0 Å². The monoisotopic (exact) mass is 384 g/mol. The molecule has 3 aliphatic rings. The molecule has 2 atom stereocenters. The molecule has 0 aliphatic heterocycles. The second-order valence-electron chi connectivity index (χ2n) is 12.5. The summed E-state index contributed by atoms with van der Waals surface area (Å²) in [6.45, 7) is 39.8. The minimum Gasteiger partial charge on any atom is -0.0670 e. The maximum atomic E-state index is 2.60. The fourth-order valence-corrected chi connectivity index (χ4v) is 7.56. The maximum absolute atomic E-state index is 2.60. The summed E-state index contributed by atoms with van der Waals surface area (Å²) in [7, 11) is 0. The molecule has 0 heteroatoms. The Morgan fingerprint density at radius 2 is 0.607 bits per heavy atom. The molecule has 0 saturated heterocycles. The zero-order valence-corrected chi connectivity index (χ0v) is 22.0. The first-order chi connectivity index (χ1) is 12.2. The van der Waals surface area contributed by atoms with E-state index >= 15 is 0 Å². The second kappa shape index (κ2) is 5.89. The lowest BCUT2D eigenvalue weighted by Crippen LogP contribution is -2.61. The fraction of sp³-hybridized carbons (Fsp3) is 0.786. The van der Waals surface area contributed by atoms with E-state index in [1.165, 1.54) is 0 Å². The van der Waals surface area contributed by atoms with Crippen molar-refractivity contribution in [3.8, 4) is 0 Å². The van der Waals surface area contributed by atoms with Gasteiger partial charge in [-0.15, -0.1) is 0 Å². The summed E-state index contributed by atoms with van der Waals surface area (Å²) in [6, 6.07) is 0. The minimum atomic E-state index is -0.0220. The quantitative estimate of drug-likeness (QED) is 0.365. The first-order valence-electron chi connectivity index (χ1n) is 11.2. The van der Waals surface area contributed by atoms with E-state index < -0.39 is 0 Å². The van der Waals surface area contributed by atoms with Gasteiger partial charge < -0.3 is 0 Å². The molecular weight excluding hydrogens is 336 g/mol. The van der Waals surface area contributed by atoms with Crippen molar-refractivity contribution >= 4 is 0 Å². The molecular formula is C28H48. The summed E-state index contributed by atoms with van der Waals surface area (Å²) in [4.78, 5) is 0. The zero-order valence-electron chi connectivity index (χ0n) is 22.0. The highest BCUT2D eigenvalue weighted by Crippen LogP contribution is 2.74. The topological polar surface area (TPSA) is 0 Å². The van der Waals surface area contributed by atoms with E-state index in [9.17, 15) is 0 Å². The summed E-state index contributed by atoms with van der Waals surface area (Å²) in [5, 5.41) is 0. The fourth-order valence-electron chi connectivity index (χ4n) is 7.56. The molecule has 0 aromatic heterocycles. The molecule has 2 bridgehead atoms. The van der Waals surface area contributed by atoms with Crippen LogP contribution in [0.4, 0.5) is 0 Å². The van der Waals surface area contributed by atoms with Gasteiger partial charge in [0, 0.05) is 5.41 Å². The minimum absolute atomic E-state index is 0.0220. The molecule has 0 fully saturated rings. The predicted octanol–water partition coefficient (Wildman–Crippen LogP) is 9.14. The molecule has 3 aliphatic carbocycles. The average molecular weight is 385 g/mol. The van der Waals surface area contributed by atoms with Gasteiger partial charge in [0.1, 0.15) is 0 Å². The van der Waals surface area contributed by atoms with Gasteiger partial charge in [-0.2, -0.15) is 0 Å². The van der Waals surface area contributed by atoms with Gasteiger partial charge in [0.2, 0.25) is 0 Å².